The Kier molecular flexibility index (Phi) is 3.94. The first-order valence-corrected chi connectivity index (χ1v) is 9.09. The molecule has 0 aliphatic carbocycles. The van der Waals surface area contributed by atoms with Crippen molar-refractivity contribution in [2.45, 2.75) is 37.6 Å². The largest absolute Gasteiger partial charge is 0.508 e. The monoisotopic (exact) mass is 350 g/mol. The lowest BCUT2D eigenvalue weighted by molar-refractivity contribution is -0.121. The van der Waals surface area contributed by atoms with Gasteiger partial charge < -0.3 is 15.3 Å². The van der Waals surface area contributed by atoms with E-state index in [1.165, 1.54) is 6.07 Å². The van der Waals surface area contributed by atoms with Crippen molar-refractivity contribution >= 4 is 17.5 Å². The maximum Gasteiger partial charge on any atom is 0.254 e. The number of nitrogens with one attached hydrogen (secondary N) is 1. The summed E-state index contributed by atoms with van der Waals surface area (Å²) < 4.78 is 0. The van der Waals surface area contributed by atoms with Crippen LogP contribution in [0.3, 0.4) is 0 Å². The number of phenols is 1. The zero-order chi connectivity index (χ0) is 18.3. The van der Waals surface area contributed by atoms with Gasteiger partial charge in [0, 0.05) is 17.8 Å². The predicted molar refractivity (Wildman–Crippen MR) is 99.2 cm³/mol. The summed E-state index contributed by atoms with van der Waals surface area (Å²) in [5, 5.41) is 12.7. The molecule has 134 valence electrons. The zero-order valence-electron chi connectivity index (χ0n) is 14.7. The fourth-order valence-electron chi connectivity index (χ4n) is 4.53. The minimum Gasteiger partial charge on any atom is -0.508 e. The van der Waals surface area contributed by atoms with E-state index in [1.54, 1.807) is 18.2 Å². The molecule has 1 fully saturated rings. The summed E-state index contributed by atoms with van der Waals surface area (Å²) in [5.74, 6) is -0.0717. The molecule has 26 heavy (non-hydrogen) atoms. The number of hydrogen-bond donors (Lipinski definition) is 2. The smallest absolute Gasteiger partial charge is 0.254 e. The van der Waals surface area contributed by atoms with Gasteiger partial charge in [-0.2, -0.15) is 0 Å². The predicted octanol–water partition coefficient (Wildman–Crippen LogP) is 3.30. The number of fused-ring (bicyclic) bond motifs is 2. The van der Waals surface area contributed by atoms with Gasteiger partial charge in [-0.1, -0.05) is 37.6 Å². The molecule has 0 bridgehead atoms. The number of rotatable bonds is 3. The van der Waals surface area contributed by atoms with Crippen LogP contribution in [-0.2, 0) is 10.2 Å². The molecule has 2 aliphatic rings. The Morgan fingerprint density at radius 2 is 2.08 bits per heavy atom. The molecule has 5 nitrogen and oxygen atoms in total. The van der Waals surface area contributed by atoms with E-state index in [0.717, 1.165) is 24.1 Å². The molecule has 1 saturated heterocycles. The lowest BCUT2D eigenvalue weighted by Gasteiger charge is -2.34. The number of nitrogens with zero attached hydrogens (tertiary/aromatic N) is 1. The van der Waals surface area contributed by atoms with E-state index in [4.69, 9.17) is 0 Å². The first-order chi connectivity index (χ1) is 12.6. The van der Waals surface area contributed by atoms with Crippen molar-refractivity contribution in [1.82, 2.24) is 4.90 Å². The highest BCUT2D eigenvalue weighted by molar-refractivity contribution is 6.08. The van der Waals surface area contributed by atoms with Crippen molar-refractivity contribution in [1.29, 1.82) is 0 Å². The molecule has 2 heterocycles. The summed E-state index contributed by atoms with van der Waals surface area (Å²) >= 11 is 0. The standard InChI is InChI=1S/C21H22N2O3/c1-2-6-18-21(16-9-3-4-10-17(16)22-20(21)26)11-12-23(18)19(25)14-7-5-8-15(24)13-14/h3-5,7-10,13,18,24H,2,6,11-12H2,1H3,(H,22,26)/t18-,21-/m0/s1. The van der Waals surface area contributed by atoms with Crippen LogP contribution in [0.2, 0.25) is 0 Å². The quantitative estimate of drug-likeness (QED) is 0.892. The molecule has 2 N–H and O–H groups in total. The van der Waals surface area contributed by atoms with Crippen LogP contribution in [0.4, 0.5) is 5.69 Å². The number of carbonyl (C=O) groups is 2. The number of hydrogen-bond acceptors (Lipinski definition) is 3. The van der Waals surface area contributed by atoms with Gasteiger partial charge in [0.15, 0.2) is 0 Å². The molecule has 0 unspecified atom stereocenters. The van der Waals surface area contributed by atoms with Gasteiger partial charge in [0.2, 0.25) is 5.91 Å². The summed E-state index contributed by atoms with van der Waals surface area (Å²) in [6.45, 7) is 2.60. The minimum atomic E-state index is -0.681. The third-order valence-corrected chi connectivity index (χ3v) is 5.67. The molecule has 0 saturated carbocycles. The van der Waals surface area contributed by atoms with Gasteiger partial charge in [0.1, 0.15) is 5.75 Å². The Labute approximate surface area is 152 Å². The number of para-hydroxylation sites is 1. The normalized spacial score (nSPS) is 24.0. The minimum absolute atomic E-state index is 0.0108. The average molecular weight is 350 g/mol. The molecular weight excluding hydrogens is 328 g/mol. The van der Waals surface area contributed by atoms with Crippen molar-refractivity contribution in [2.24, 2.45) is 0 Å². The van der Waals surface area contributed by atoms with E-state index in [2.05, 4.69) is 12.2 Å². The molecule has 0 aromatic heterocycles. The average Bonchev–Trinajstić information content (AvgIpc) is 3.15. The molecule has 2 aliphatic heterocycles. The number of anilines is 1. The van der Waals surface area contributed by atoms with Gasteiger partial charge in [-0.05, 0) is 42.7 Å². The molecule has 1 spiro atoms. The maximum atomic E-state index is 13.1. The first kappa shape index (κ1) is 16.6. The molecular formula is C21H22N2O3. The van der Waals surface area contributed by atoms with Gasteiger partial charge in [-0.25, -0.2) is 0 Å². The fraction of sp³-hybridized carbons (Fsp3) is 0.333. The summed E-state index contributed by atoms with van der Waals surface area (Å²) in [5.41, 5.74) is 1.62. The number of likely N-dealkylation sites (tertiary alicyclic amines) is 1. The Morgan fingerprint density at radius 1 is 1.27 bits per heavy atom. The van der Waals surface area contributed by atoms with E-state index in [9.17, 15) is 14.7 Å². The van der Waals surface area contributed by atoms with Gasteiger partial charge >= 0.3 is 0 Å². The number of benzene rings is 2. The molecule has 5 heteroatoms. The van der Waals surface area contributed by atoms with Gasteiger partial charge in [-0.3, -0.25) is 9.59 Å². The highest BCUT2D eigenvalue weighted by Gasteiger charge is 2.58. The van der Waals surface area contributed by atoms with E-state index in [0.29, 0.717) is 18.5 Å². The number of carbonyl (C=O) groups excluding carboxylic acids is 2. The second kappa shape index (κ2) is 6.16. The highest BCUT2D eigenvalue weighted by Crippen LogP contribution is 2.49. The maximum absolute atomic E-state index is 13.1. The van der Waals surface area contributed by atoms with Crippen LogP contribution < -0.4 is 5.32 Å². The Bertz CT molecular complexity index is 879. The molecule has 0 radical (unpaired) electrons. The Morgan fingerprint density at radius 3 is 2.85 bits per heavy atom. The lowest BCUT2D eigenvalue weighted by atomic mass is 9.73. The van der Waals surface area contributed by atoms with Crippen molar-refractivity contribution in [3.8, 4) is 5.75 Å². The number of phenolic OH excluding ortho intramolecular Hbond substituents is 1. The second-order valence-electron chi connectivity index (χ2n) is 7.07. The van der Waals surface area contributed by atoms with E-state index >= 15 is 0 Å². The van der Waals surface area contributed by atoms with Gasteiger partial charge in [-0.15, -0.1) is 0 Å². The van der Waals surface area contributed by atoms with E-state index < -0.39 is 5.41 Å². The SMILES string of the molecule is CCC[C@@H]1N(C(=O)c2cccc(O)c2)CC[C@@]12C(=O)Nc1ccccc12. The van der Waals surface area contributed by atoms with Crippen LogP contribution >= 0.6 is 0 Å². The van der Waals surface area contributed by atoms with Crippen molar-refractivity contribution in [3.05, 3.63) is 59.7 Å². The van der Waals surface area contributed by atoms with Crippen LogP contribution in [0.15, 0.2) is 48.5 Å². The van der Waals surface area contributed by atoms with Crippen LogP contribution in [0.5, 0.6) is 5.75 Å². The van der Waals surface area contributed by atoms with E-state index in [1.807, 2.05) is 29.2 Å². The van der Waals surface area contributed by atoms with E-state index in [-0.39, 0.29) is 23.6 Å². The Balaban J connectivity index is 1.76. The second-order valence-corrected chi connectivity index (χ2v) is 7.07. The first-order valence-electron chi connectivity index (χ1n) is 9.09. The molecule has 2 aromatic rings. The zero-order valence-corrected chi connectivity index (χ0v) is 14.7. The highest BCUT2D eigenvalue weighted by atomic mass is 16.3. The summed E-state index contributed by atoms with van der Waals surface area (Å²) in [7, 11) is 0. The van der Waals surface area contributed by atoms with Crippen molar-refractivity contribution < 1.29 is 14.7 Å². The summed E-state index contributed by atoms with van der Waals surface area (Å²) in [4.78, 5) is 28.0. The van der Waals surface area contributed by atoms with Crippen LogP contribution in [0, 0.1) is 0 Å². The molecule has 4 rings (SSSR count). The van der Waals surface area contributed by atoms with Crippen molar-refractivity contribution in [2.75, 3.05) is 11.9 Å². The molecule has 2 atom stereocenters. The van der Waals surface area contributed by atoms with Gasteiger partial charge in [0.25, 0.3) is 5.91 Å². The molecule has 2 aromatic carbocycles. The van der Waals surface area contributed by atoms with Crippen LogP contribution in [0.1, 0.15) is 42.1 Å². The van der Waals surface area contributed by atoms with Crippen LogP contribution in [-0.4, -0.2) is 34.4 Å². The number of amides is 2. The topological polar surface area (TPSA) is 69.6 Å². The summed E-state index contributed by atoms with van der Waals surface area (Å²) in [6.07, 6.45) is 2.25. The van der Waals surface area contributed by atoms with Gasteiger partial charge in [0.05, 0.1) is 11.5 Å². The summed E-state index contributed by atoms with van der Waals surface area (Å²) in [6, 6.07) is 14.0. The van der Waals surface area contributed by atoms with Crippen LogP contribution in [0.25, 0.3) is 0 Å². The fourth-order valence-corrected chi connectivity index (χ4v) is 4.53. The van der Waals surface area contributed by atoms with Crippen molar-refractivity contribution in [3.63, 3.8) is 0 Å². The lowest BCUT2D eigenvalue weighted by Crippen LogP contribution is -2.48. The third kappa shape index (κ3) is 2.30. The third-order valence-electron chi connectivity index (χ3n) is 5.67. The molecule has 2 amide bonds. The number of aromatic hydroxyl groups is 1. The Hall–Kier alpha value is -2.82.